The maximum absolute atomic E-state index is 14.0. The van der Waals surface area contributed by atoms with Crippen LogP contribution in [0.25, 0.3) is 0 Å². The zero-order valence-electron chi connectivity index (χ0n) is 12.3. The van der Waals surface area contributed by atoms with Crippen molar-refractivity contribution in [1.29, 1.82) is 0 Å². The van der Waals surface area contributed by atoms with E-state index in [4.69, 9.17) is 16.3 Å². The Kier molecular flexibility index (Phi) is 4.96. The molecule has 0 aromatic heterocycles. The van der Waals surface area contributed by atoms with Crippen molar-refractivity contribution < 1.29 is 9.13 Å². The molecule has 1 heterocycles. The average molecular weight is 320 g/mol. The molecule has 0 radical (unpaired) electrons. The molecule has 4 heteroatoms. The van der Waals surface area contributed by atoms with Gasteiger partial charge in [-0.25, -0.2) is 4.39 Å². The lowest BCUT2D eigenvalue weighted by atomic mass is 10.0. The van der Waals surface area contributed by atoms with Crippen LogP contribution < -0.4 is 10.1 Å². The third-order valence-corrected chi connectivity index (χ3v) is 4.18. The van der Waals surface area contributed by atoms with Crippen LogP contribution in [-0.4, -0.2) is 19.2 Å². The highest BCUT2D eigenvalue weighted by Gasteiger charge is 2.16. The first-order valence-electron chi connectivity index (χ1n) is 7.61. The molecule has 0 atom stereocenters. The molecular formula is C18H19ClFNO. The molecule has 3 rings (SSSR count). The van der Waals surface area contributed by atoms with Crippen LogP contribution >= 0.6 is 11.6 Å². The Morgan fingerprint density at radius 1 is 1.09 bits per heavy atom. The van der Waals surface area contributed by atoms with Gasteiger partial charge in [-0.3, -0.25) is 0 Å². The van der Waals surface area contributed by atoms with Crippen LogP contribution in [0.2, 0.25) is 5.02 Å². The van der Waals surface area contributed by atoms with Gasteiger partial charge in [-0.15, -0.1) is 0 Å². The molecular weight excluding hydrogens is 301 g/mol. The first-order valence-corrected chi connectivity index (χ1v) is 7.99. The Labute approximate surface area is 135 Å². The quantitative estimate of drug-likeness (QED) is 0.912. The van der Waals surface area contributed by atoms with Gasteiger partial charge in [0.1, 0.15) is 17.7 Å². The summed E-state index contributed by atoms with van der Waals surface area (Å²) in [4.78, 5) is 0. The number of halogens is 2. The van der Waals surface area contributed by atoms with Gasteiger partial charge in [-0.05, 0) is 55.3 Å². The summed E-state index contributed by atoms with van der Waals surface area (Å²) in [5, 5.41) is 3.74. The summed E-state index contributed by atoms with van der Waals surface area (Å²) in [7, 11) is 0. The molecule has 0 bridgehead atoms. The number of hydrogen-bond acceptors (Lipinski definition) is 2. The number of nitrogens with one attached hydrogen (secondary N) is 1. The fourth-order valence-electron chi connectivity index (χ4n) is 2.73. The zero-order valence-corrected chi connectivity index (χ0v) is 13.1. The van der Waals surface area contributed by atoms with Crippen molar-refractivity contribution in [2.75, 3.05) is 13.1 Å². The SMILES string of the molecule is Fc1cc(Cl)ccc1Cc1ccccc1OC1CCNCC1. The number of benzene rings is 2. The highest BCUT2D eigenvalue weighted by atomic mass is 35.5. The third kappa shape index (κ3) is 3.79. The molecule has 22 heavy (non-hydrogen) atoms. The minimum Gasteiger partial charge on any atom is -0.490 e. The van der Waals surface area contributed by atoms with E-state index in [9.17, 15) is 4.39 Å². The summed E-state index contributed by atoms with van der Waals surface area (Å²) in [6.07, 6.45) is 2.75. The maximum Gasteiger partial charge on any atom is 0.128 e. The minimum absolute atomic E-state index is 0.234. The van der Waals surface area contributed by atoms with Crippen LogP contribution in [0, 0.1) is 5.82 Å². The van der Waals surface area contributed by atoms with E-state index in [2.05, 4.69) is 5.32 Å². The number of ether oxygens (including phenoxy) is 1. The number of piperidine rings is 1. The average Bonchev–Trinajstić information content (AvgIpc) is 2.53. The van der Waals surface area contributed by atoms with Crippen LogP contribution in [0.1, 0.15) is 24.0 Å². The highest BCUT2D eigenvalue weighted by Crippen LogP contribution is 2.26. The van der Waals surface area contributed by atoms with E-state index in [0.717, 1.165) is 37.2 Å². The van der Waals surface area contributed by atoms with Gasteiger partial charge in [0.2, 0.25) is 0 Å². The normalized spacial score (nSPS) is 15.7. The number of hydrogen-bond donors (Lipinski definition) is 1. The molecule has 0 saturated carbocycles. The lowest BCUT2D eigenvalue weighted by molar-refractivity contribution is 0.161. The number of para-hydroxylation sites is 1. The summed E-state index contributed by atoms with van der Waals surface area (Å²) in [6, 6.07) is 12.7. The molecule has 1 fully saturated rings. The van der Waals surface area contributed by atoms with E-state index in [1.807, 2.05) is 24.3 Å². The molecule has 2 nitrogen and oxygen atoms in total. The van der Waals surface area contributed by atoms with E-state index in [-0.39, 0.29) is 11.9 Å². The second kappa shape index (κ2) is 7.12. The van der Waals surface area contributed by atoms with Crippen LogP contribution in [0.5, 0.6) is 5.75 Å². The van der Waals surface area contributed by atoms with Gasteiger partial charge in [-0.2, -0.15) is 0 Å². The fourth-order valence-corrected chi connectivity index (χ4v) is 2.89. The molecule has 0 amide bonds. The smallest absolute Gasteiger partial charge is 0.128 e. The monoisotopic (exact) mass is 319 g/mol. The molecule has 0 aliphatic carbocycles. The minimum atomic E-state index is -0.274. The van der Waals surface area contributed by atoms with Gasteiger partial charge in [-0.1, -0.05) is 35.9 Å². The van der Waals surface area contributed by atoms with Crippen molar-refractivity contribution >= 4 is 11.6 Å². The summed E-state index contributed by atoms with van der Waals surface area (Å²) in [5.41, 5.74) is 1.63. The highest BCUT2D eigenvalue weighted by molar-refractivity contribution is 6.30. The van der Waals surface area contributed by atoms with Gasteiger partial charge in [0.15, 0.2) is 0 Å². The Morgan fingerprint density at radius 3 is 2.64 bits per heavy atom. The first-order chi connectivity index (χ1) is 10.7. The lowest BCUT2D eigenvalue weighted by Gasteiger charge is -2.25. The zero-order chi connectivity index (χ0) is 15.4. The van der Waals surface area contributed by atoms with E-state index < -0.39 is 0 Å². The summed E-state index contributed by atoms with van der Waals surface area (Å²) in [5.74, 6) is 0.577. The van der Waals surface area contributed by atoms with Gasteiger partial charge in [0.05, 0.1) is 0 Å². The van der Waals surface area contributed by atoms with Crippen molar-refractivity contribution in [2.45, 2.75) is 25.4 Å². The third-order valence-electron chi connectivity index (χ3n) is 3.95. The van der Waals surface area contributed by atoms with Gasteiger partial charge in [0, 0.05) is 11.4 Å². The van der Waals surface area contributed by atoms with Crippen molar-refractivity contribution in [3.63, 3.8) is 0 Å². The molecule has 1 aliphatic rings. The largest absolute Gasteiger partial charge is 0.490 e. The predicted octanol–water partition coefficient (Wildman–Crippen LogP) is 4.20. The topological polar surface area (TPSA) is 21.3 Å². The predicted molar refractivity (Wildman–Crippen MR) is 87.2 cm³/mol. The standard InChI is InChI=1S/C18H19ClFNO/c19-15-6-5-13(17(20)12-15)11-14-3-1-2-4-18(14)22-16-7-9-21-10-8-16/h1-6,12,16,21H,7-11H2. The molecule has 2 aromatic carbocycles. The second-order valence-corrected chi connectivity index (χ2v) is 6.02. The van der Waals surface area contributed by atoms with E-state index in [1.165, 1.54) is 6.07 Å². The molecule has 0 spiro atoms. The maximum atomic E-state index is 14.0. The van der Waals surface area contributed by atoms with E-state index >= 15 is 0 Å². The first kappa shape index (κ1) is 15.3. The Bertz CT molecular complexity index is 641. The molecule has 2 aromatic rings. The Hall–Kier alpha value is -1.58. The Morgan fingerprint density at radius 2 is 1.86 bits per heavy atom. The second-order valence-electron chi connectivity index (χ2n) is 5.59. The molecule has 116 valence electrons. The van der Waals surface area contributed by atoms with Crippen molar-refractivity contribution in [3.8, 4) is 5.75 Å². The molecule has 1 aliphatic heterocycles. The van der Waals surface area contributed by atoms with Crippen LogP contribution in [0.4, 0.5) is 4.39 Å². The summed E-state index contributed by atoms with van der Waals surface area (Å²) >= 11 is 5.81. The summed E-state index contributed by atoms with van der Waals surface area (Å²) < 4.78 is 20.1. The summed E-state index contributed by atoms with van der Waals surface area (Å²) in [6.45, 7) is 1.97. The van der Waals surface area contributed by atoms with Gasteiger partial charge < -0.3 is 10.1 Å². The fraction of sp³-hybridized carbons (Fsp3) is 0.333. The Balaban J connectivity index is 1.78. The van der Waals surface area contributed by atoms with Crippen molar-refractivity contribution in [1.82, 2.24) is 5.32 Å². The molecule has 1 saturated heterocycles. The van der Waals surface area contributed by atoms with Crippen LogP contribution in [0.3, 0.4) is 0 Å². The van der Waals surface area contributed by atoms with Gasteiger partial charge in [0.25, 0.3) is 0 Å². The molecule has 1 N–H and O–H groups in total. The molecule has 0 unspecified atom stereocenters. The van der Waals surface area contributed by atoms with Crippen LogP contribution in [0.15, 0.2) is 42.5 Å². The van der Waals surface area contributed by atoms with E-state index in [0.29, 0.717) is 17.0 Å². The van der Waals surface area contributed by atoms with Crippen molar-refractivity contribution in [3.05, 3.63) is 64.4 Å². The van der Waals surface area contributed by atoms with Gasteiger partial charge >= 0.3 is 0 Å². The van der Waals surface area contributed by atoms with Crippen LogP contribution in [-0.2, 0) is 6.42 Å². The van der Waals surface area contributed by atoms with Crippen molar-refractivity contribution in [2.24, 2.45) is 0 Å². The van der Waals surface area contributed by atoms with E-state index in [1.54, 1.807) is 12.1 Å². The lowest BCUT2D eigenvalue weighted by Crippen LogP contribution is -2.34. The number of rotatable bonds is 4.